The SMILES string of the molecule is O=P(OC1CCCCC1)(c1ccccc1)c1ccccc1F. The Morgan fingerprint density at radius 1 is 0.909 bits per heavy atom. The summed E-state index contributed by atoms with van der Waals surface area (Å²) >= 11 is 0. The molecule has 2 aromatic rings. The molecule has 1 atom stereocenters. The molecule has 2 nitrogen and oxygen atoms in total. The second-order valence-electron chi connectivity index (χ2n) is 5.70. The molecule has 1 fully saturated rings. The smallest absolute Gasteiger partial charge is 0.264 e. The molecule has 0 radical (unpaired) electrons. The molecule has 2 aromatic carbocycles. The van der Waals surface area contributed by atoms with Crippen LogP contribution in [-0.4, -0.2) is 6.10 Å². The predicted molar refractivity (Wildman–Crippen MR) is 87.7 cm³/mol. The van der Waals surface area contributed by atoms with Crippen molar-refractivity contribution in [2.45, 2.75) is 38.2 Å². The Kier molecular flexibility index (Phi) is 4.75. The third kappa shape index (κ3) is 3.16. The van der Waals surface area contributed by atoms with Crippen molar-refractivity contribution in [3.8, 4) is 0 Å². The second kappa shape index (κ2) is 6.76. The van der Waals surface area contributed by atoms with E-state index >= 15 is 0 Å². The zero-order chi connectivity index (χ0) is 15.4. The first-order valence-electron chi connectivity index (χ1n) is 7.79. The number of benzene rings is 2. The van der Waals surface area contributed by atoms with Gasteiger partial charge in [0.25, 0.3) is 7.37 Å². The van der Waals surface area contributed by atoms with Gasteiger partial charge in [-0.1, -0.05) is 49.6 Å². The molecular weight excluding hydrogens is 298 g/mol. The quantitative estimate of drug-likeness (QED) is 0.781. The number of halogens is 1. The number of hydrogen-bond acceptors (Lipinski definition) is 2. The van der Waals surface area contributed by atoms with Gasteiger partial charge in [-0.2, -0.15) is 0 Å². The molecule has 22 heavy (non-hydrogen) atoms. The Hall–Kier alpha value is -1.44. The van der Waals surface area contributed by atoms with Crippen LogP contribution in [0.3, 0.4) is 0 Å². The lowest BCUT2D eigenvalue weighted by Gasteiger charge is -2.28. The van der Waals surface area contributed by atoms with Gasteiger partial charge in [-0.15, -0.1) is 0 Å². The Labute approximate surface area is 130 Å². The van der Waals surface area contributed by atoms with Crippen LogP contribution < -0.4 is 10.6 Å². The maximum absolute atomic E-state index is 14.3. The first-order valence-corrected chi connectivity index (χ1v) is 9.42. The summed E-state index contributed by atoms with van der Waals surface area (Å²) in [5.74, 6) is -0.467. The largest absolute Gasteiger partial charge is 0.319 e. The highest BCUT2D eigenvalue weighted by Gasteiger charge is 2.34. The van der Waals surface area contributed by atoms with E-state index in [1.165, 1.54) is 12.5 Å². The Morgan fingerprint density at radius 2 is 1.55 bits per heavy atom. The molecule has 1 saturated carbocycles. The predicted octanol–water partition coefficient (Wildman–Crippen LogP) is 4.40. The maximum atomic E-state index is 14.3. The van der Waals surface area contributed by atoms with Gasteiger partial charge in [0.15, 0.2) is 0 Å². The van der Waals surface area contributed by atoms with E-state index < -0.39 is 13.2 Å². The first kappa shape index (κ1) is 15.5. The van der Waals surface area contributed by atoms with Crippen LogP contribution in [0.1, 0.15) is 32.1 Å². The molecule has 0 aliphatic heterocycles. The van der Waals surface area contributed by atoms with Gasteiger partial charge in [-0.25, -0.2) is 4.39 Å². The van der Waals surface area contributed by atoms with Gasteiger partial charge in [0, 0.05) is 5.30 Å². The molecule has 116 valence electrons. The summed E-state index contributed by atoms with van der Waals surface area (Å²) in [6, 6.07) is 15.2. The van der Waals surface area contributed by atoms with Gasteiger partial charge in [0.05, 0.1) is 11.4 Å². The third-order valence-electron chi connectivity index (χ3n) is 4.12. The van der Waals surface area contributed by atoms with E-state index in [2.05, 4.69) is 0 Å². The summed E-state index contributed by atoms with van der Waals surface area (Å²) in [4.78, 5) is 0. The normalized spacial score (nSPS) is 18.8. The Morgan fingerprint density at radius 3 is 2.23 bits per heavy atom. The molecule has 1 aliphatic carbocycles. The highest BCUT2D eigenvalue weighted by atomic mass is 31.2. The van der Waals surface area contributed by atoms with Crippen LogP contribution in [-0.2, 0) is 9.09 Å². The van der Waals surface area contributed by atoms with E-state index in [0.717, 1.165) is 25.7 Å². The zero-order valence-corrected chi connectivity index (χ0v) is 13.3. The summed E-state index contributed by atoms with van der Waals surface area (Å²) in [7, 11) is -3.41. The monoisotopic (exact) mass is 318 g/mol. The van der Waals surface area contributed by atoms with Crippen molar-refractivity contribution < 1.29 is 13.5 Å². The molecule has 0 N–H and O–H groups in total. The fraction of sp³-hybridized carbons (Fsp3) is 0.333. The molecule has 0 saturated heterocycles. The molecule has 4 heteroatoms. The summed E-state index contributed by atoms with van der Waals surface area (Å²) in [5.41, 5.74) is 0. The fourth-order valence-electron chi connectivity index (χ4n) is 2.95. The first-order chi connectivity index (χ1) is 10.7. The molecular formula is C18H20FO2P. The summed E-state index contributed by atoms with van der Waals surface area (Å²) in [5, 5.41) is 0.734. The minimum Gasteiger partial charge on any atom is -0.319 e. The minimum atomic E-state index is -3.41. The lowest BCUT2D eigenvalue weighted by Crippen LogP contribution is -2.26. The van der Waals surface area contributed by atoms with Crippen molar-refractivity contribution >= 4 is 18.0 Å². The van der Waals surface area contributed by atoms with E-state index in [4.69, 9.17) is 4.52 Å². The average Bonchev–Trinajstić information content (AvgIpc) is 2.57. The van der Waals surface area contributed by atoms with Crippen LogP contribution in [0.5, 0.6) is 0 Å². The van der Waals surface area contributed by atoms with Gasteiger partial charge in [-0.3, -0.25) is 4.57 Å². The van der Waals surface area contributed by atoms with Crippen LogP contribution in [0.15, 0.2) is 54.6 Å². The molecule has 1 aliphatic rings. The summed E-state index contributed by atoms with van der Waals surface area (Å²) in [6.07, 6.45) is 5.08. The standard InChI is InChI=1S/C18H20FO2P/c19-17-13-7-8-14-18(17)22(20,16-11-5-2-6-12-16)21-15-9-3-1-4-10-15/h2,5-8,11-15H,1,3-4,9-10H2. The van der Waals surface area contributed by atoms with E-state index in [9.17, 15) is 8.96 Å². The lowest BCUT2D eigenvalue weighted by molar-refractivity contribution is 0.164. The minimum absolute atomic E-state index is 0.0561. The third-order valence-corrected chi connectivity index (χ3v) is 6.69. The van der Waals surface area contributed by atoms with E-state index in [-0.39, 0.29) is 11.4 Å². The van der Waals surface area contributed by atoms with Crippen molar-refractivity contribution in [3.63, 3.8) is 0 Å². The average molecular weight is 318 g/mol. The van der Waals surface area contributed by atoms with Gasteiger partial charge >= 0.3 is 0 Å². The lowest BCUT2D eigenvalue weighted by atomic mass is 9.98. The van der Waals surface area contributed by atoms with Crippen LogP contribution in [0.25, 0.3) is 0 Å². The van der Waals surface area contributed by atoms with E-state index in [0.29, 0.717) is 5.30 Å². The van der Waals surface area contributed by atoms with Crippen molar-refractivity contribution in [2.75, 3.05) is 0 Å². The Balaban J connectivity index is 2.02. The molecule has 0 aromatic heterocycles. The second-order valence-corrected chi connectivity index (χ2v) is 8.02. The zero-order valence-electron chi connectivity index (χ0n) is 12.5. The van der Waals surface area contributed by atoms with E-state index in [1.807, 2.05) is 18.2 Å². The highest BCUT2D eigenvalue weighted by molar-refractivity contribution is 7.74. The topological polar surface area (TPSA) is 26.3 Å². The molecule has 0 spiro atoms. The van der Waals surface area contributed by atoms with Gasteiger partial charge < -0.3 is 4.52 Å². The van der Waals surface area contributed by atoms with Crippen LogP contribution in [0.4, 0.5) is 4.39 Å². The molecule has 0 bridgehead atoms. The van der Waals surface area contributed by atoms with Crippen LogP contribution >= 0.6 is 7.37 Å². The highest BCUT2D eigenvalue weighted by Crippen LogP contribution is 2.48. The van der Waals surface area contributed by atoms with Crippen molar-refractivity contribution in [3.05, 3.63) is 60.4 Å². The van der Waals surface area contributed by atoms with Crippen LogP contribution in [0, 0.1) is 5.82 Å². The van der Waals surface area contributed by atoms with Crippen molar-refractivity contribution in [2.24, 2.45) is 0 Å². The van der Waals surface area contributed by atoms with Gasteiger partial charge in [0.1, 0.15) is 5.82 Å². The summed E-state index contributed by atoms with van der Waals surface area (Å²) < 4.78 is 34.0. The Bertz CT molecular complexity index is 666. The number of hydrogen-bond donors (Lipinski definition) is 0. The molecule has 3 rings (SSSR count). The van der Waals surface area contributed by atoms with Gasteiger partial charge in [-0.05, 0) is 37.1 Å². The molecule has 0 heterocycles. The van der Waals surface area contributed by atoms with Gasteiger partial charge in [0.2, 0.25) is 0 Å². The fourth-order valence-corrected chi connectivity index (χ4v) is 5.30. The van der Waals surface area contributed by atoms with Crippen LogP contribution in [0.2, 0.25) is 0 Å². The van der Waals surface area contributed by atoms with Crippen molar-refractivity contribution in [1.82, 2.24) is 0 Å². The van der Waals surface area contributed by atoms with E-state index in [1.54, 1.807) is 30.3 Å². The summed E-state index contributed by atoms with van der Waals surface area (Å²) in [6.45, 7) is 0. The molecule has 1 unspecified atom stereocenters. The number of rotatable bonds is 4. The molecule has 0 amide bonds. The van der Waals surface area contributed by atoms with Crippen molar-refractivity contribution in [1.29, 1.82) is 0 Å². The maximum Gasteiger partial charge on any atom is 0.264 e.